The Hall–Kier alpha value is -3.65. The Kier molecular flexibility index (Phi) is 7.82. The SMILES string of the molecule is CC(C)c1ccc(CN2CCC(NC(=O)c3nccnc3NC(=O)c3cccc(F)c3)CC2)cc1. The van der Waals surface area contributed by atoms with Crippen molar-refractivity contribution in [2.24, 2.45) is 0 Å². The predicted octanol–water partition coefficient (Wildman–Crippen LogP) is 4.39. The van der Waals surface area contributed by atoms with Gasteiger partial charge in [-0.3, -0.25) is 14.5 Å². The molecule has 182 valence electrons. The first kappa shape index (κ1) is 24.5. The molecule has 35 heavy (non-hydrogen) atoms. The molecule has 1 saturated heterocycles. The van der Waals surface area contributed by atoms with E-state index in [1.807, 2.05) is 0 Å². The van der Waals surface area contributed by atoms with E-state index in [1.54, 1.807) is 0 Å². The minimum atomic E-state index is -0.561. The number of hydrogen-bond acceptors (Lipinski definition) is 5. The van der Waals surface area contributed by atoms with Crippen molar-refractivity contribution >= 4 is 17.6 Å². The van der Waals surface area contributed by atoms with Crippen LogP contribution in [-0.4, -0.2) is 45.8 Å². The molecule has 1 aliphatic rings. The summed E-state index contributed by atoms with van der Waals surface area (Å²) in [5.74, 6) is -0.910. The quantitative estimate of drug-likeness (QED) is 0.529. The molecule has 2 N–H and O–H groups in total. The van der Waals surface area contributed by atoms with E-state index < -0.39 is 17.6 Å². The van der Waals surface area contributed by atoms with Gasteiger partial charge in [0, 0.05) is 43.6 Å². The van der Waals surface area contributed by atoms with Crippen molar-refractivity contribution in [1.82, 2.24) is 20.2 Å². The predicted molar refractivity (Wildman–Crippen MR) is 133 cm³/mol. The maximum atomic E-state index is 13.5. The van der Waals surface area contributed by atoms with Crippen LogP contribution in [0.25, 0.3) is 0 Å². The van der Waals surface area contributed by atoms with E-state index in [2.05, 4.69) is 63.6 Å². The Labute approximate surface area is 204 Å². The minimum Gasteiger partial charge on any atom is -0.348 e. The Morgan fingerprint density at radius 1 is 1.03 bits per heavy atom. The van der Waals surface area contributed by atoms with E-state index in [0.29, 0.717) is 5.92 Å². The van der Waals surface area contributed by atoms with Gasteiger partial charge in [0.05, 0.1) is 0 Å². The normalized spacial score (nSPS) is 14.6. The molecule has 0 atom stereocenters. The highest BCUT2D eigenvalue weighted by Gasteiger charge is 2.24. The molecular weight excluding hydrogens is 445 g/mol. The number of halogens is 1. The molecule has 1 aromatic heterocycles. The first-order valence-electron chi connectivity index (χ1n) is 11.9. The van der Waals surface area contributed by atoms with Crippen molar-refractivity contribution in [3.05, 3.63) is 89.1 Å². The van der Waals surface area contributed by atoms with Gasteiger partial charge in [0.25, 0.3) is 11.8 Å². The largest absolute Gasteiger partial charge is 0.348 e. The molecule has 1 fully saturated rings. The van der Waals surface area contributed by atoms with Crippen LogP contribution < -0.4 is 10.6 Å². The van der Waals surface area contributed by atoms with Crippen LogP contribution in [0.1, 0.15) is 64.6 Å². The number of piperidine rings is 1. The fraction of sp³-hybridized carbons (Fsp3) is 0.333. The molecule has 0 saturated carbocycles. The van der Waals surface area contributed by atoms with E-state index in [0.717, 1.165) is 38.5 Å². The second-order valence-electron chi connectivity index (χ2n) is 9.14. The molecule has 2 amide bonds. The molecule has 0 aliphatic carbocycles. The smallest absolute Gasteiger partial charge is 0.273 e. The Morgan fingerprint density at radius 3 is 2.43 bits per heavy atom. The third-order valence-corrected chi connectivity index (χ3v) is 6.21. The summed E-state index contributed by atoms with van der Waals surface area (Å²) in [6, 6.07) is 14.1. The van der Waals surface area contributed by atoms with E-state index in [-0.39, 0.29) is 23.1 Å². The van der Waals surface area contributed by atoms with Gasteiger partial charge in [0.2, 0.25) is 0 Å². The van der Waals surface area contributed by atoms with Crippen LogP contribution >= 0.6 is 0 Å². The van der Waals surface area contributed by atoms with Crippen LogP contribution in [0.4, 0.5) is 10.2 Å². The summed E-state index contributed by atoms with van der Waals surface area (Å²) < 4.78 is 13.5. The molecule has 0 spiro atoms. The molecule has 0 radical (unpaired) electrons. The summed E-state index contributed by atoms with van der Waals surface area (Å²) in [6.45, 7) is 7.02. The molecule has 4 rings (SSSR count). The van der Waals surface area contributed by atoms with Crippen molar-refractivity contribution < 1.29 is 14.0 Å². The molecule has 8 heteroatoms. The molecule has 7 nitrogen and oxygen atoms in total. The lowest BCUT2D eigenvalue weighted by Gasteiger charge is -2.32. The highest BCUT2D eigenvalue weighted by atomic mass is 19.1. The minimum absolute atomic E-state index is 0.0100. The van der Waals surface area contributed by atoms with Gasteiger partial charge in [0.1, 0.15) is 5.82 Å². The second kappa shape index (κ2) is 11.2. The monoisotopic (exact) mass is 475 g/mol. The van der Waals surface area contributed by atoms with Gasteiger partial charge in [-0.25, -0.2) is 14.4 Å². The van der Waals surface area contributed by atoms with Crippen molar-refractivity contribution in [2.75, 3.05) is 18.4 Å². The third-order valence-electron chi connectivity index (χ3n) is 6.21. The molecule has 0 bridgehead atoms. The first-order chi connectivity index (χ1) is 16.9. The number of carbonyl (C=O) groups is 2. The molecule has 3 aromatic rings. The number of likely N-dealkylation sites (tertiary alicyclic amines) is 1. The van der Waals surface area contributed by atoms with E-state index in [9.17, 15) is 14.0 Å². The average molecular weight is 476 g/mol. The number of aromatic nitrogens is 2. The Balaban J connectivity index is 1.31. The summed E-state index contributed by atoms with van der Waals surface area (Å²) in [5, 5.41) is 5.59. The molecular formula is C27H30FN5O2. The Bertz CT molecular complexity index is 1170. The van der Waals surface area contributed by atoms with Gasteiger partial charge >= 0.3 is 0 Å². The van der Waals surface area contributed by atoms with E-state index in [1.165, 1.54) is 41.7 Å². The number of rotatable bonds is 7. The van der Waals surface area contributed by atoms with Gasteiger partial charge in [-0.15, -0.1) is 0 Å². The highest BCUT2D eigenvalue weighted by molar-refractivity contribution is 6.07. The Morgan fingerprint density at radius 2 is 1.74 bits per heavy atom. The summed E-state index contributed by atoms with van der Waals surface area (Å²) >= 11 is 0. The zero-order chi connectivity index (χ0) is 24.8. The number of amides is 2. The lowest BCUT2D eigenvalue weighted by atomic mass is 10.0. The number of nitrogens with one attached hydrogen (secondary N) is 2. The average Bonchev–Trinajstić information content (AvgIpc) is 2.86. The van der Waals surface area contributed by atoms with Gasteiger partial charge in [-0.1, -0.05) is 44.2 Å². The third kappa shape index (κ3) is 6.48. The molecule has 1 aliphatic heterocycles. The summed E-state index contributed by atoms with van der Waals surface area (Å²) in [7, 11) is 0. The van der Waals surface area contributed by atoms with Gasteiger partial charge in [-0.05, 0) is 48.1 Å². The van der Waals surface area contributed by atoms with Gasteiger partial charge in [-0.2, -0.15) is 0 Å². The molecule has 2 heterocycles. The maximum Gasteiger partial charge on any atom is 0.273 e. The standard InChI is InChI=1S/C27H30FN5O2/c1-18(2)20-8-6-19(7-9-20)17-33-14-10-23(11-15-33)31-27(35)24-25(30-13-12-29-24)32-26(34)21-4-3-5-22(28)16-21/h3-9,12-13,16,18,23H,10-11,14-15,17H2,1-2H3,(H,31,35)(H,30,32,34). The van der Waals surface area contributed by atoms with Crippen LogP contribution in [-0.2, 0) is 6.54 Å². The fourth-order valence-corrected chi connectivity index (χ4v) is 4.16. The highest BCUT2D eigenvalue weighted by Crippen LogP contribution is 2.19. The van der Waals surface area contributed by atoms with E-state index >= 15 is 0 Å². The van der Waals surface area contributed by atoms with Crippen LogP contribution in [0.15, 0.2) is 60.9 Å². The zero-order valence-electron chi connectivity index (χ0n) is 20.0. The van der Waals surface area contributed by atoms with Crippen LogP contribution in [0.5, 0.6) is 0 Å². The lowest BCUT2D eigenvalue weighted by Crippen LogP contribution is -2.44. The van der Waals surface area contributed by atoms with Crippen LogP contribution in [0.3, 0.4) is 0 Å². The number of anilines is 1. The number of carbonyl (C=O) groups excluding carboxylic acids is 2. The van der Waals surface area contributed by atoms with Gasteiger partial charge < -0.3 is 10.6 Å². The van der Waals surface area contributed by atoms with Crippen molar-refractivity contribution in [3.8, 4) is 0 Å². The van der Waals surface area contributed by atoms with Crippen molar-refractivity contribution in [3.63, 3.8) is 0 Å². The van der Waals surface area contributed by atoms with Crippen molar-refractivity contribution in [1.29, 1.82) is 0 Å². The lowest BCUT2D eigenvalue weighted by molar-refractivity contribution is 0.0904. The second-order valence-corrected chi connectivity index (χ2v) is 9.14. The molecule has 2 aromatic carbocycles. The summed E-state index contributed by atoms with van der Waals surface area (Å²) in [5.41, 5.74) is 2.79. The zero-order valence-corrected chi connectivity index (χ0v) is 20.0. The summed E-state index contributed by atoms with van der Waals surface area (Å²) in [4.78, 5) is 36.0. The maximum absolute atomic E-state index is 13.5. The van der Waals surface area contributed by atoms with Crippen LogP contribution in [0.2, 0.25) is 0 Å². The number of hydrogen-bond donors (Lipinski definition) is 2. The molecule has 0 unspecified atom stereocenters. The van der Waals surface area contributed by atoms with Gasteiger partial charge in [0.15, 0.2) is 11.5 Å². The number of benzene rings is 2. The number of nitrogens with zero attached hydrogens (tertiary/aromatic N) is 3. The first-order valence-corrected chi connectivity index (χ1v) is 11.9. The topological polar surface area (TPSA) is 87.2 Å². The van der Waals surface area contributed by atoms with E-state index in [4.69, 9.17) is 0 Å². The summed E-state index contributed by atoms with van der Waals surface area (Å²) in [6.07, 6.45) is 4.44. The fourth-order valence-electron chi connectivity index (χ4n) is 4.16. The van der Waals surface area contributed by atoms with Crippen molar-refractivity contribution in [2.45, 2.75) is 45.2 Å². The van der Waals surface area contributed by atoms with Crippen LogP contribution in [0, 0.1) is 5.82 Å².